The van der Waals surface area contributed by atoms with Gasteiger partial charge in [0.05, 0.1) is 0 Å². The Kier molecular flexibility index (Phi) is 3.57. The highest BCUT2D eigenvalue weighted by Gasteiger charge is 2.15. The number of hydrogen-bond donors (Lipinski definition) is 0. The quantitative estimate of drug-likeness (QED) is 0.788. The molecule has 94 valence electrons. The van der Waals surface area contributed by atoms with Gasteiger partial charge < -0.3 is 9.47 Å². The topological polar surface area (TPSA) is 18.5 Å². The molecule has 1 aromatic heterocycles. The number of thiophene rings is 1. The Labute approximate surface area is 119 Å². The van der Waals surface area contributed by atoms with Crippen molar-refractivity contribution >= 4 is 27.3 Å². The maximum atomic E-state index is 5.61. The Morgan fingerprint density at radius 3 is 2.78 bits per heavy atom. The van der Waals surface area contributed by atoms with Crippen LogP contribution in [0.15, 0.2) is 35.7 Å². The third kappa shape index (κ3) is 2.54. The van der Waals surface area contributed by atoms with Crippen molar-refractivity contribution in [2.24, 2.45) is 0 Å². The van der Waals surface area contributed by atoms with Gasteiger partial charge in [-0.1, -0.05) is 28.1 Å². The molecule has 2 heterocycles. The maximum absolute atomic E-state index is 5.61. The summed E-state index contributed by atoms with van der Waals surface area (Å²) < 4.78 is 11.1. The summed E-state index contributed by atoms with van der Waals surface area (Å²) in [6.07, 6.45) is 0.997. The molecular formula is C14H13BrO2S. The van der Waals surface area contributed by atoms with Gasteiger partial charge in [-0.25, -0.2) is 0 Å². The van der Waals surface area contributed by atoms with E-state index in [1.54, 1.807) is 11.3 Å². The first-order valence-corrected chi connectivity index (χ1v) is 7.68. The van der Waals surface area contributed by atoms with E-state index < -0.39 is 0 Å². The molecule has 0 spiro atoms. The summed E-state index contributed by atoms with van der Waals surface area (Å²) in [5.74, 6) is 1.70. The van der Waals surface area contributed by atoms with Crippen molar-refractivity contribution in [1.82, 2.24) is 0 Å². The molecule has 0 saturated carbocycles. The van der Waals surface area contributed by atoms with Crippen molar-refractivity contribution in [3.63, 3.8) is 0 Å². The average Bonchev–Trinajstić information content (AvgIpc) is 2.91. The van der Waals surface area contributed by atoms with Gasteiger partial charge >= 0.3 is 0 Å². The van der Waals surface area contributed by atoms with E-state index in [1.807, 2.05) is 6.07 Å². The molecular weight excluding hydrogens is 312 g/mol. The van der Waals surface area contributed by atoms with Crippen LogP contribution in [0, 0.1) is 0 Å². The standard InChI is InChI=1S/C14H13BrO2S/c15-12(9-11-2-1-7-18-11)10-3-4-13-14(8-10)17-6-5-16-13/h1-4,7-8,12H,5-6,9H2. The lowest BCUT2D eigenvalue weighted by Crippen LogP contribution is -2.15. The van der Waals surface area contributed by atoms with Gasteiger partial charge in [0.25, 0.3) is 0 Å². The Bertz CT molecular complexity index is 525. The maximum Gasteiger partial charge on any atom is 0.161 e. The monoisotopic (exact) mass is 324 g/mol. The molecule has 0 radical (unpaired) electrons. The molecule has 0 aliphatic carbocycles. The molecule has 1 unspecified atom stereocenters. The predicted molar refractivity (Wildman–Crippen MR) is 77.1 cm³/mol. The van der Waals surface area contributed by atoms with E-state index in [0.29, 0.717) is 18.0 Å². The molecule has 1 aliphatic rings. The van der Waals surface area contributed by atoms with Crippen molar-refractivity contribution < 1.29 is 9.47 Å². The summed E-state index contributed by atoms with van der Waals surface area (Å²) in [7, 11) is 0. The molecule has 0 amide bonds. The van der Waals surface area contributed by atoms with Crippen LogP contribution in [0.4, 0.5) is 0 Å². The van der Waals surface area contributed by atoms with E-state index in [1.165, 1.54) is 10.4 Å². The number of benzene rings is 1. The Balaban J connectivity index is 1.79. The van der Waals surface area contributed by atoms with Crippen LogP contribution in [-0.4, -0.2) is 13.2 Å². The van der Waals surface area contributed by atoms with Gasteiger partial charge in [0, 0.05) is 9.70 Å². The minimum Gasteiger partial charge on any atom is -0.486 e. The van der Waals surface area contributed by atoms with E-state index >= 15 is 0 Å². The molecule has 0 saturated heterocycles. The largest absolute Gasteiger partial charge is 0.486 e. The van der Waals surface area contributed by atoms with Crippen molar-refractivity contribution in [2.45, 2.75) is 11.2 Å². The number of rotatable bonds is 3. The van der Waals surface area contributed by atoms with E-state index in [9.17, 15) is 0 Å². The normalized spacial score (nSPS) is 15.4. The highest BCUT2D eigenvalue weighted by molar-refractivity contribution is 9.09. The molecule has 1 atom stereocenters. The van der Waals surface area contributed by atoms with Crippen LogP contribution in [-0.2, 0) is 6.42 Å². The van der Waals surface area contributed by atoms with Crippen LogP contribution in [0.5, 0.6) is 11.5 Å². The smallest absolute Gasteiger partial charge is 0.161 e. The van der Waals surface area contributed by atoms with Gasteiger partial charge in [0.15, 0.2) is 11.5 Å². The molecule has 18 heavy (non-hydrogen) atoms. The lowest BCUT2D eigenvalue weighted by molar-refractivity contribution is 0.171. The second-order valence-electron chi connectivity index (χ2n) is 4.15. The van der Waals surface area contributed by atoms with Crippen molar-refractivity contribution in [1.29, 1.82) is 0 Å². The lowest BCUT2D eigenvalue weighted by atomic mass is 10.1. The first kappa shape index (κ1) is 12.1. The zero-order valence-electron chi connectivity index (χ0n) is 9.77. The summed E-state index contributed by atoms with van der Waals surface area (Å²) in [6, 6.07) is 10.4. The molecule has 1 aliphatic heterocycles. The van der Waals surface area contributed by atoms with E-state index in [2.05, 4.69) is 45.6 Å². The van der Waals surface area contributed by atoms with Gasteiger partial charge in [-0.3, -0.25) is 0 Å². The highest BCUT2D eigenvalue weighted by Crippen LogP contribution is 2.36. The summed E-state index contributed by atoms with van der Waals surface area (Å²) >= 11 is 5.53. The fourth-order valence-corrected chi connectivity index (χ4v) is 3.58. The zero-order valence-corrected chi connectivity index (χ0v) is 12.2. The number of fused-ring (bicyclic) bond motifs is 1. The fraction of sp³-hybridized carbons (Fsp3) is 0.286. The molecule has 2 aromatic rings. The number of hydrogen-bond acceptors (Lipinski definition) is 3. The minimum absolute atomic E-state index is 0.312. The summed E-state index contributed by atoms with van der Waals surface area (Å²) in [4.78, 5) is 1.69. The Morgan fingerprint density at radius 1 is 1.17 bits per heavy atom. The molecule has 3 rings (SSSR count). The second kappa shape index (κ2) is 5.33. The Morgan fingerprint density at radius 2 is 2.00 bits per heavy atom. The molecule has 0 N–H and O–H groups in total. The van der Waals surface area contributed by atoms with Crippen molar-refractivity contribution in [3.8, 4) is 11.5 Å². The van der Waals surface area contributed by atoms with Crippen LogP contribution in [0.2, 0.25) is 0 Å². The second-order valence-corrected chi connectivity index (χ2v) is 6.29. The van der Waals surface area contributed by atoms with Crippen LogP contribution >= 0.6 is 27.3 Å². The Hall–Kier alpha value is -1.00. The van der Waals surface area contributed by atoms with E-state index in [0.717, 1.165) is 17.9 Å². The molecule has 2 nitrogen and oxygen atoms in total. The zero-order chi connectivity index (χ0) is 12.4. The third-order valence-corrected chi connectivity index (χ3v) is 4.64. The van der Waals surface area contributed by atoms with Crippen LogP contribution in [0.1, 0.15) is 15.3 Å². The summed E-state index contributed by atoms with van der Waals surface area (Å²) in [5, 5.41) is 2.11. The van der Waals surface area contributed by atoms with Crippen LogP contribution in [0.3, 0.4) is 0 Å². The molecule has 0 bridgehead atoms. The summed E-state index contributed by atoms with van der Waals surface area (Å²) in [6.45, 7) is 1.27. The average molecular weight is 325 g/mol. The predicted octanol–water partition coefficient (Wildman–Crippen LogP) is 4.20. The number of halogens is 1. The van der Waals surface area contributed by atoms with Crippen LogP contribution in [0.25, 0.3) is 0 Å². The van der Waals surface area contributed by atoms with Gasteiger partial charge in [0.2, 0.25) is 0 Å². The third-order valence-electron chi connectivity index (χ3n) is 2.89. The lowest BCUT2D eigenvalue weighted by Gasteiger charge is -2.20. The number of ether oxygens (including phenoxy) is 2. The van der Waals surface area contributed by atoms with E-state index in [4.69, 9.17) is 9.47 Å². The minimum atomic E-state index is 0.312. The van der Waals surface area contributed by atoms with E-state index in [-0.39, 0.29) is 0 Å². The van der Waals surface area contributed by atoms with Crippen molar-refractivity contribution in [2.75, 3.05) is 13.2 Å². The molecule has 4 heteroatoms. The molecule has 0 fully saturated rings. The molecule has 1 aromatic carbocycles. The van der Waals surface area contributed by atoms with Gasteiger partial charge in [-0.2, -0.15) is 0 Å². The fourth-order valence-electron chi connectivity index (χ4n) is 1.98. The summed E-state index contributed by atoms with van der Waals surface area (Å²) in [5.41, 5.74) is 1.23. The number of alkyl halides is 1. The first-order valence-electron chi connectivity index (χ1n) is 5.89. The van der Waals surface area contributed by atoms with Gasteiger partial charge in [-0.15, -0.1) is 11.3 Å². The first-order chi connectivity index (χ1) is 8.83. The van der Waals surface area contributed by atoms with Crippen LogP contribution < -0.4 is 9.47 Å². The SMILES string of the molecule is BrC(Cc1cccs1)c1ccc2c(c1)OCCO2. The highest BCUT2D eigenvalue weighted by atomic mass is 79.9. The van der Waals surface area contributed by atoms with Gasteiger partial charge in [0.1, 0.15) is 13.2 Å². The van der Waals surface area contributed by atoms with Gasteiger partial charge in [-0.05, 0) is 35.6 Å². The van der Waals surface area contributed by atoms with Crippen molar-refractivity contribution in [3.05, 3.63) is 46.2 Å².